The molecule has 7 nitrogen and oxygen atoms in total. The Morgan fingerprint density at radius 3 is 2.68 bits per heavy atom. The molecule has 2 atom stereocenters. The number of ether oxygens (including phenoxy) is 1. The number of aryl methyl sites for hydroxylation is 1. The van der Waals surface area contributed by atoms with Crippen LogP contribution in [0.2, 0.25) is 0 Å². The van der Waals surface area contributed by atoms with Gasteiger partial charge in [0, 0.05) is 19.1 Å². The molecule has 106 valence electrons. The minimum atomic E-state index is -0.514. The number of hydrogen-bond acceptors (Lipinski definition) is 6. The van der Waals surface area contributed by atoms with Crippen LogP contribution in [0.1, 0.15) is 38.4 Å². The minimum absolute atomic E-state index is 0.131. The van der Waals surface area contributed by atoms with Crippen molar-refractivity contribution in [2.45, 2.75) is 45.3 Å². The van der Waals surface area contributed by atoms with E-state index in [1.165, 1.54) is 0 Å². The van der Waals surface area contributed by atoms with Gasteiger partial charge in [-0.25, -0.2) is 4.79 Å². The summed E-state index contributed by atoms with van der Waals surface area (Å²) in [4.78, 5) is 17.7. The summed E-state index contributed by atoms with van der Waals surface area (Å²) in [5.41, 5.74) is 5.52. The number of hydrogen-bond donors (Lipinski definition) is 1. The molecule has 1 fully saturated rings. The quantitative estimate of drug-likeness (QED) is 0.817. The lowest BCUT2D eigenvalue weighted by atomic mass is 10.1. The fraction of sp³-hybridized carbons (Fsp3) is 0.750. The number of rotatable bonds is 1. The second-order valence-electron chi connectivity index (χ2n) is 5.84. The summed E-state index contributed by atoms with van der Waals surface area (Å²) < 4.78 is 10.5. The standard InChI is InChI=1S/C12H20N4O3/c1-7-14-10(19-15-7)8-5-16(6-9(8)13)11(17)18-12(2,3)4/h8-9H,5-6,13H2,1-4H3/t8-,9-/m1/s1. The van der Waals surface area contributed by atoms with E-state index in [-0.39, 0.29) is 18.1 Å². The Balaban J connectivity index is 2.03. The number of amides is 1. The summed E-state index contributed by atoms with van der Waals surface area (Å²) in [6.45, 7) is 8.12. The number of aromatic nitrogens is 2. The second-order valence-corrected chi connectivity index (χ2v) is 5.84. The molecule has 2 rings (SSSR count). The first-order valence-electron chi connectivity index (χ1n) is 6.30. The fourth-order valence-electron chi connectivity index (χ4n) is 2.03. The maximum Gasteiger partial charge on any atom is 0.410 e. The highest BCUT2D eigenvalue weighted by Crippen LogP contribution is 2.26. The Bertz CT molecular complexity index is 466. The monoisotopic (exact) mass is 268 g/mol. The molecule has 0 unspecified atom stereocenters. The van der Waals surface area contributed by atoms with Gasteiger partial charge in [0.2, 0.25) is 5.89 Å². The molecule has 0 aliphatic carbocycles. The van der Waals surface area contributed by atoms with Gasteiger partial charge in [-0.2, -0.15) is 4.98 Å². The molecule has 1 amide bonds. The first-order valence-corrected chi connectivity index (χ1v) is 6.30. The summed E-state index contributed by atoms with van der Waals surface area (Å²) in [6, 6.07) is -0.215. The van der Waals surface area contributed by atoms with Gasteiger partial charge in [0.25, 0.3) is 0 Å². The first-order chi connectivity index (χ1) is 8.76. The van der Waals surface area contributed by atoms with E-state index in [4.69, 9.17) is 15.0 Å². The van der Waals surface area contributed by atoms with Crippen LogP contribution in [0.4, 0.5) is 4.79 Å². The van der Waals surface area contributed by atoms with Crippen molar-refractivity contribution in [3.05, 3.63) is 11.7 Å². The third-order valence-corrected chi connectivity index (χ3v) is 2.88. The normalized spacial score (nSPS) is 23.7. The van der Waals surface area contributed by atoms with Crippen LogP contribution >= 0.6 is 0 Å². The zero-order valence-electron chi connectivity index (χ0n) is 11.7. The molecule has 1 saturated heterocycles. The van der Waals surface area contributed by atoms with E-state index in [0.717, 1.165) is 0 Å². The number of likely N-dealkylation sites (tertiary alicyclic amines) is 1. The van der Waals surface area contributed by atoms with Gasteiger partial charge in [0.15, 0.2) is 5.82 Å². The van der Waals surface area contributed by atoms with Crippen molar-refractivity contribution in [2.75, 3.05) is 13.1 Å². The molecule has 7 heteroatoms. The SMILES string of the molecule is Cc1noc([C@@H]2CN(C(=O)OC(C)(C)C)C[C@H]2N)n1. The number of carbonyl (C=O) groups excluding carboxylic acids is 1. The zero-order chi connectivity index (χ0) is 14.2. The maximum absolute atomic E-state index is 12.0. The molecule has 0 aromatic carbocycles. The van der Waals surface area contributed by atoms with Crippen molar-refractivity contribution < 1.29 is 14.1 Å². The number of carbonyl (C=O) groups is 1. The van der Waals surface area contributed by atoms with E-state index in [2.05, 4.69) is 10.1 Å². The van der Waals surface area contributed by atoms with E-state index in [0.29, 0.717) is 24.8 Å². The molecule has 0 bridgehead atoms. The lowest BCUT2D eigenvalue weighted by molar-refractivity contribution is 0.0289. The lowest BCUT2D eigenvalue weighted by Gasteiger charge is -2.24. The van der Waals surface area contributed by atoms with Gasteiger partial charge in [-0.05, 0) is 27.7 Å². The molecular formula is C12H20N4O3. The molecule has 1 aromatic rings. The van der Waals surface area contributed by atoms with Gasteiger partial charge in [0.1, 0.15) is 5.60 Å². The molecule has 2 heterocycles. The van der Waals surface area contributed by atoms with Gasteiger partial charge >= 0.3 is 6.09 Å². The predicted molar refractivity (Wildman–Crippen MR) is 67.6 cm³/mol. The van der Waals surface area contributed by atoms with E-state index >= 15 is 0 Å². The molecule has 2 N–H and O–H groups in total. The van der Waals surface area contributed by atoms with E-state index < -0.39 is 5.60 Å². The van der Waals surface area contributed by atoms with E-state index in [9.17, 15) is 4.79 Å². The van der Waals surface area contributed by atoms with Gasteiger partial charge in [-0.3, -0.25) is 0 Å². The van der Waals surface area contributed by atoms with Crippen molar-refractivity contribution in [3.8, 4) is 0 Å². The summed E-state index contributed by atoms with van der Waals surface area (Å²) >= 11 is 0. The second kappa shape index (κ2) is 4.80. The highest BCUT2D eigenvalue weighted by molar-refractivity contribution is 5.68. The van der Waals surface area contributed by atoms with Crippen molar-refractivity contribution in [3.63, 3.8) is 0 Å². The summed E-state index contributed by atoms with van der Waals surface area (Å²) in [6.07, 6.45) is -0.360. The van der Waals surface area contributed by atoms with Crippen LogP contribution in [0, 0.1) is 6.92 Å². The summed E-state index contributed by atoms with van der Waals surface area (Å²) in [5.74, 6) is 0.919. The fourth-order valence-corrected chi connectivity index (χ4v) is 2.03. The van der Waals surface area contributed by atoms with Crippen LogP contribution in [0.5, 0.6) is 0 Å². The van der Waals surface area contributed by atoms with Crippen LogP contribution < -0.4 is 5.73 Å². The average molecular weight is 268 g/mol. The average Bonchev–Trinajstić information content (AvgIpc) is 2.82. The third-order valence-electron chi connectivity index (χ3n) is 2.88. The smallest absolute Gasteiger partial charge is 0.410 e. The summed E-state index contributed by atoms with van der Waals surface area (Å²) in [5, 5.41) is 3.75. The number of nitrogens with two attached hydrogens (primary N) is 1. The predicted octanol–water partition coefficient (Wildman–Crippen LogP) is 1.04. The lowest BCUT2D eigenvalue weighted by Crippen LogP contribution is -2.36. The third kappa shape index (κ3) is 3.23. The van der Waals surface area contributed by atoms with Gasteiger partial charge in [-0.1, -0.05) is 5.16 Å². The molecule has 0 spiro atoms. The van der Waals surface area contributed by atoms with E-state index in [1.54, 1.807) is 11.8 Å². The molecule has 1 aromatic heterocycles. The van der Waals surface area contributed by atoms with Crippen LogP contribution in [0.3, 0.4) is 0 Å². The van der Waals surface area contributed by atoms with Gasteiger partial charge < -0.3 is 19.9 Å². The Kier molecular flexibility index (Phi) is 3.49. The Hall–Kier alpha value is -1.63. The number of nitrogens with zero attached hydrogens (tertiary/aromatic N) is 3. The first kappa shape index (κ1) is 13.8. The minimum Gasteiger partial charge on any atom is -0.444 e. The van der Waals surface area contributed by atoms with E-state index in [1.807, 2.05) is 20.8 Å². The molecule has 0 saturated carbocycles. The van der Waals surface area contributed by atoms with Crippen LogP contribution in [0.25, 0.3) is 0 Å². The van der Waals surface area contributed by atoms with Gasteiger partial charge in [0.05, 0.1) is 5.92 Å². The Morgan fingerprint density at radius 1 is 1.47 bits per heavy atom. The Morgan fingerprint density at radius 2 is 2.16 bits per heavy atom. The highest BCUT2D eigenvalue weighted by Gasteiger charge is 2.38. The molecule has 19 heavy (non-hydrogen) atoms. The molecular weight excluding hydrogens is 248 g/mol. The van der Waals surface area contributed by atoms with Crippen LogP contribution in [-0.2, 0) is 4.74 Å². The van der Waals surface area contributed by atoms with Crippen molar-refractivity contribution in [1.29, 1.82) is 0 Å². The van der Waals surface area contributed by atoms with Crippen molar-refractivity contribution in [2.24, 2.45) is 5.73 Å². The molecule has 1 aliphatic rings. The largest absolute Gasteiger partial charge is 0.444 e. The molecule has 0 radical (unpaired) electrons. The van der Waals surface area contributed by atoms with Crippen molar-refractivity contribution in [1.82, 2.24) is 15.0 Å². The van der Waals surface area contributed by atoms with Crippen LogP contribution in [0.15, 0.2) is 4.52 Å². The zero-order valence-corrected chi connectivity index (χ0v) is 11.7. The topological polar surface area (TPSA) is 94.5 Å². The van der Waals surface area contributed by atoms with Crippen molar-refractivity contribution >= 4 is 6.09 Å². The van der Waals surface area contributed by atoms with Crippen LogP contribution in [-0.4, -0.2) is 45.9 Å². The van der Waals surface area contributed by atoms with Gasteiger partial charge in [-0.15, -0.1) is 0 Å². The maximum atomic E-state index is 12.0. The highest BCUT2D eigenvalue weighted by atomic mass is 16.6. The Labute approximate surface area is 112 Å². The molecule has 1 aliphatic heterocycles. The summed E-state index contributed by atoms with van der Waals surface area (Å²) in [7, 11) is 0.